The molecule has 1 saturated carbocycles. The fourth-order valence-corrected chi connectivity index (χ4v) is 3.55. The molecule has 1 heterocycles. The molecule has 0 unspecified atom stereocenters. The van der Waals surface area contributed by atoms with Crippen LogP contribution in [0.1, 0.15) is 43.4 Å². The van der Waals surface area contributed by atoms with Gasteiger partial charge in [0.25, 0.3) is 0 Å². The van der Waals surface area contributed by atoms with Gasteiger partial charge >= 0.3 is 0 Å². The van der Waals surface area contributed by atoms with Crippen LogP contribution in [0.3, 0.4) is 0 Å². The summed E-state index contributed by atoms with van der Waals surface area (Å²) >= 11 is 0. The van der Waals surface area contributed by atoms with E-state index in [0.29, 0.717) is 5.54 Å². The highest BCUT2D eigenvalue weighted by atomic mass is 16.5. The molecule has 1 aliphatic carbocycles. The van der Waals surface area contributed by atoms with E-state index in [1.807, 2.05) is 18.7 Å². The van der Waals surface area contributed by atoms with Crippen LogP contribution in [0.2, 0.25) is 0 Å². The molecule has 1 aromatic heterocycles. The van der Waals surface area contributed by atoms with E-state index in [1.54, 1.807) is 7.11 Å². The maximum Gasteiger partial charge on any atom is 0.216 e. The van der Waals surface area contributed by atoms with E-state index in [-0.39, 0.29) is 0 Å². The van der Waals surface area contributed by atoms with Gasteiger partial charge in [0.15, 0.2) is 0 Å². The Labute approximate surface area is 128 Å². The van der Waals surface area contributed by atoms with Gasteiger partial charge in [0.2, 0.25) is 5.88 Å². The smallest absolute Gasteiger partial charge is 0.216 e. The number of nitrogens with one attached hydrogen (secondary N) is 1. The second-order valence-corrected chi connectivity index (χ2v) is 6.48. The summed E-state index contributed by atoms with van der Waals surface area (Å²) in [5, 5.41) is 8.09. The number of likely N-dealkylation sites (N-methyl/N-ethyl adjacent to an activating group) is 1. The van der Waals surface area contributed by atoms with Crippen LogP contribution in [-0.2, 0) is 13.6 Å². The zero-order valence-electron chi connectivity index (χ0n) is 14.2. The second kappa shape index (κ2) is 6.79. The van der Waals surface area contributed by atoms with Crippen molar-refractivity contribution < 1.29 is 4.74 Å². The van der Waals surface area contributed by atoms with Gasteiger partial charge in [-0.05, 0) is 33.9 Å². The molecule has 1 aromatic rings. The first-order valence-corrected chi connectivity index (χ1v) is 7.95. The number of methoxy groups -OCH3 is 1. The number of ether oxygens (including phenoxy) is 1. The minimum absolute atomic E-state index is 0.307. The van der Waals surface area contributed by atoms with Gasteiger partial charge < -0.3 is 15.0 Å². The Morgan fingerprint density at radius 3 is 2.52 bits per heavy atom. The van der Waals surface area contributed by atoms with Crippen molar-refractivity contribution >= 4 is 0 Å². The third-order valence-corrected chi connectivity index (χ3v) is 4.97. The van der Waals surface area contributed by atoms with Crippen molar-refractivity contribution in [1.82, 2.24) is 20.0 Å². The largest absolute Gasteiger partial charge is 0.481 e. The molecule has 1 fully saturated rings. The molecule has 0 spiro atoms. The van der Waals surface area contributed by atoms with Gasteiger partial charge in [0.1, 0.15) is 0 Å². The molecule has 5 nitrogen and oxygen atoms in total. The Bertz CT molecular complexity index is 461. The molecule has 21 heavy (non-hydrogen) atoms. The zero-order valence-corrected chi connectivity index (χ0v) is 14.2. The molecular weight excluding hydrogens is 264 g/mol. The van der Waals surface area contributed by atoms with Crippen LogP contribution < -0.4 is 10.1 Å². The quantitative estimate of drug-likeness (QED) is 0.872. The van der Waals surface area contributed by atoms with E-state index < -0.39 is 0 Å². The molecule has 120 valence electrons. The molecule has 2 rings (SSSR count). The first-order chi connectivity index (χ1) is 10.00. The van der Waals surface area contributed by atoms with Gasteiger partial charge in [-0.15, -0.1) is 0 Å². The van der Waals surface area contributed by atoms with E-state index in [4.69, 9.17) is 4.74 Å². The van der Waals surface area contributed by atoms with Gasteiger partial charge in [0, 0.05) is 25.7 Å². The Morgan fingerprint density at radius 2 is 1.95 bits per heavy atom. The highest BCUT2D eigenvalue weighted by Gasteiger charge is 2.33. The fourth-order valence-electron chi connectivity index (χ4n) is 3.55. The minimum Gasteiger partial charge on any atom is -0.481 e. The lowest BCUT2D eigenvalue weighted by Gasteiger charge is -2.43. The van der Waals surface area contributed by atoms with Gasteiger partial charge in [-0.25, -0.2) is 4.68 Å². The maximum absolute atomic E-state index is 5.46. The van der Waals surface area contributed by atoms with Crippen LogP contribution in [0.25, 0.3) is 0 Å². The fraction of sp³-hybridized carbons (Fsp3) is 0.812. The molecule has 0 amide bonds. The third-order valence-electron chi connectivity index (χ3n) is 4.97. The van der Waals surface area contributed by atoms with E-state index in [9.17, 15) is 0 Å². The molecule has 1 aliphatic rings. The molecule has 0 bridgehead atoms. The van der Waals surface area contributed by atoms with Crippen molar-refractivity contribution in [3.05, 3.63) is 11.3 Å². The van der Waals surface area contributed by atoms with E-state index in [2.05, 4.69) is 29.4 Å². The SMILES string of the molecule is COc1c(CNCC2(N(C)C)CCCCC2)c(C)nn1C. The molecule has 0 saturated heterocycles. The van der Waals surface area contributed by atoms with Crippen LogP contribution in [-0.4, -0.2) is 48.0 Å². The highest BCUT2D eigenvalue weighted by Crippen LogP contribution is 2.31. The molecule has 1 N–H and O–H groups in total. The van der Waals surface area contributed by atoms with Crippen LogP contribution in [0.5, 0.6) is 5.88 Å². The lowest BCUT2D eigenvalue weighted by atomic mass is 9.80. The van der Waals surface area contributed by atoms with Crippen molar-refractivity contribution in [2.24, 2.45) is 7.05 Å². The number of aromatic nitrogens is 2. The minimum atomic E-state index is 0.307. The number of rotatable bonds is 6. The zero-order chi connectivity index (χ0) is 15.5. The predicted molar refractivity (Wildman–Crippen MR) is 85.7 cm³/mol. The summed E-state index contributed by atoms with van der Waals surface area (Å²) in [5.41, 5.74) is 2.52. The standard InChI is InChI=1S/C16H30N4O/c1-13-14(15(21-5)20(4)18-13)11-17-12-16(19(2)3)9-7-6-8-10-16/h17H,6-12H2,1-5H3. The lowest BCUT2D eigenvalue weighted by molar-refractivity contribution is 0.0983. The summed E-state index contributed by atoms with van der Waals surface area (Å²) in [6.45, 7) is 3.89. The second-order valence-electron chi connectivity index (χ2n) is 6.48. The molecule has 0 radical (unpaired) electrons. The molecule has 0 aliphatic heterocycles. The van der Waals surface area contributed by atoms with Crippen molar-refractivity contribution in [3.8, 4) is 5.88 Å². The number of hydrogen-bond donors (Lipinski definition) is 1. The van der Waals surface area contributed by atoms with Gasteiger partial charge in [-0.1, -0.05) is 19.3 Å². The predicted octanol–water partition coefficient (Wildman–Crippen LogP) is 2.09. The van der Waals surface area contributed by atoms with Gasteiger partial charge in [0.05, 0.1) is 18.4 Å². The molecule has 0 atom stereocenters. The highest BCUT2D eigenvalue weighted by molar-refractivity contribution is 5.30. The van der Waals surface area contributed by atoms with E-state index in [1.165, 1.54) is 37.7 Å². The number of nitrogens with zero attached hydrogens (tertiary/aromatic N) is 3. The van der Waals surface area contributed by atoms with Crippen molar-refractivity contribution in [2.45, 2.75) is 51.1 Å². The first-order valence-electron chi connectivity index (χ1n) is 7.95. The Balaban J connectivity index is 2.00. The van der Waals surface area contributed by atoms with Crippen molar-refractivity contribution in [2.75, 3.05) is 27.7 Å². The number of aryl methyl sites for hydroxylation is 2. The molecular formula is C16H30N4O. The van der Waals surface area contributed by atoms with Gasteiger partial charge in [-0.2, -0.15) is 5.10 Å². The average Bonchev–Trinajstić information content (AvgIpc) is 2.73. The van der Waals surface area contributed by atoms with E-state index in [0.717, 1.165) is 24.7 Å². The Morgan fingerprint density at radius 1 is 1.29 bits per heavy atom. The summed E-state index contributed by atoms with van der Waals surface area (Å²) < 4.78 is 7.28. The normalized spacial score (nSPS) is 18.2. The monoisotopic (exact) mass is 294 g/mol. The number of hydrogen-bond acceptors (Lipinski definition) is 4. The molecule has 0 aromatic carbocycles. The Kier molecular flexibility index (Phi) is 5.27. The lowest BCUT2D eigenvalue weighted by Crippen LogP contribution is -2.52. The van der Waals surface area contributed by atoms with Crippen LogP contribution in [0.4, 0.5) is 0 Å². The first kappa shape index (κ1) is 16.3. The average molecular weight is 294 g/mol. The summed E-state index contributed by atoms with van der Waals surface area (Å²) in [6.07, 6.45) is 6.64. The maximum atomic E-state index is 5.46. The Hall–Kier alpha value is -1.07. The van der Waals surface area contributed by atoms with Crippen molar-refractivity contribution in [3.63, 3.8) is 0 Å². The third kappa shape index (κ3) is 3.40. The summed E-state index contributed by atoms with van der Waals surface area (Å²) in [4.78, 5) is 2.41. The molecule has 5 heteroatoms. The van der Waals surface area contributed by atoms with Crippen molar-refractivity contribution in [1.29, 1.82) is 0 Å². The van der Waals surface area contributed by atoms with E-state index >= 15 is 0 Å². The van der Waals surface area contributed by atoms with Crippen LogP contribution >= 0.6 is 0 Å². The van der Waals surface area contributed by atoms with Crippen LogP contribution in [0, 0.1) is 6.92 Å². The van der Waals surface area contributed by atoms with Crippen LogP contribution in [0.15, 0.2) is 0 Å². The van der Waals surface area contributed by atoms with Gasteiger partial charge in [-0.3, -0.25) is 0 Å². The summed E-state index contributed by atoms with van der Waals surface area (Å²) in [6, 6.07) is 0. The topological polar surface area (TPSA) is 42.3 Å². The summed E-state index contributed by atoms with van der Waals surface area (Å²) in [7, 11) is 8.06. The summed E-state index contributed by atoms with van der Waals surface area (Å²) in [5.74, 6) is 0.863.